The summed E-state index contributed by atoms with van der Waals surface area (Å²) >= 11 is 0. The maximum absolute atomic E-state index is 6.95. The van der Waals surface area contributed by atoms with Gasteiger partial charge in [-0.2, -0.15) is 0 Å². The number of benzene rings is 4. The normalized spacial score (nSPS) is 11.1. The van der Waals surface area contributed by atoms with Gasteiger partial charge in [-0.3, -0.25) is 0 Å². The minimum Gasteiger partial charge on any atom is -0.334 e. The van der Waals surface area contributed by atoms with Crippen LogP contribution in [0.5, 0.6) is 5.75 Å². The Balaban J connectivity index is 2.00. The number of rotatable bonds is 5. The molecule has 0 N–H and O–H groups in total. The molecule has 0 aliphatic rings. The van der Waals surface area contributed by atoms with Gasteiger partial charge in [0.1, 0.15) is 15.9 Å². The van der Waals surface area contributed by atoms with E-state index in [1.807, 2.05) is 0 Å². The molecule has 0 fully saturated rings. The highest BCUT2D eigenvalue weighted by Crippen LogP contribution is 2.56. The van der Waals surface area contributed by atoms with E-state index >= 15 is 0 Å². The van der Waals surface area contributed by atoms with Crippen molar-refractivity contribution >= 4 is 23.4 Å². The van der Waals surface area contributed by atoms with Crippen LogP contribution >= 0.6 is 7.49 Å². The van der Waals surface area contributed by atoms with Gasteiger partial charge >= 0.3 is 0 Å². The highest BCUT2D eigenvalue weighted by Gasteiger charge is 2.49. The lowest BCUT2D eigenvalue weighted by Gasteiger charge is -2.26. The van der Waals surface area contributed by atoms with E-state index in [2.05, 4.69) is 122 Å². The Hall–Kier alpha value is -2.89. The van der Waals surface area contributed by atoms with E-state index in [0.717, 1.165) is 5.75 Å². The monoisotopic (exact) mass is 369 g/mol. The smallest absolute Gasteiger partial charge is 0.287 e. The van der Waals surface area contributed by atoms with Gasteiger partial charge in [-0.15, -0.1) is 0 Å². The van der Waals surface area contributed by atoms with Crippen LogP contribution < -0.4 is 20.4 Å². The van der Waals surface area contributed by atoms with Crippen LogP contribution in [0.25, 0.3) is 0 Å². The van der Waals surface area contributed by atoms with Crippen LogP contribution in [0.4, 0.5) is 0 Å². The minimum absolute atomic E-state index is 0.903. The fourth-order valence-corrected chi connectivity index (χ4v) is 6.77. The van der Waals surface area contributed by atoms with E-state index in [1.165, 1.54) is 21.5 Å². The Morgan fingerprint density at radius 3 is 1.37 bits per heavy atom. The minimum atomic E-state index is -2.29. The molecule has 0 saturated carbocycles. The summed E-state index contributed by atoms with van der Waals surface area (Å²) in [5.74, 6) is 0.903. The van der Waals surface area contributed by atoms with Gasteiger partial charge in [0, 0.05) is 0 Å². The Labute approximate surface area is 161 Å². The second kappa shape index (κ2) is 7.78. The number of hydrogen-bond acceptors (Lipinski definition) is 1. The lowest BCUT2D eigenvalue weighted by Crippen LogP contribution is -2.34. The Bertz CT molecular complexity index is 901. The Kier molecular flexibility index (Phi) is 5.05. The molecule has 0 amide bonds. The first-order chi connectivity index (χ1) is 13.3. The predicted octanol–water partition coefficient (Wildman–Crippen LogP) is 5.28. The van der Waals surface area contributed by atoms with Gasteiger partial charge in [-0.25, -0.2) is 0 Å². The third-order valence-corrected chi connectivity index (χ3v) is 8.15. The van der Waals surface area contributed by atoms with Gasteiger partial charge in [-0.1, -0.05) is 66.7 Å². The third-order valence-electron chi connectivity index (χ3n) is 4.59. The molecule has 1 nitrogen and oxygen atoms in total. The van der Waals surface area contributed by atoms with Crippen LogP contribution in [0.3, 0.4) is 0 Å². The molecular formula is C25H22OP+. The van der Waals surface area contributed by atoms with E-state index in [1.54, 1.807) is 0 Å². The highest BCUT2D eigenvalue weighted by atomic mass is 31.2. The third kappa shape index (κ3) is 3.52. The van der Waals surface area contributed by atoms with Crippen LogP contribution in [0.2, 0.25) is 0 Å². The standard InChI is InChI=1S/C25H22OP/c1-21-12-11-13-22(20-21)26-27(23-14-5-2-6-15-23,24-16-7-3-8-17-24)25-18-9-4-10-19-25/h2-20H,1H3/q+1. The van der Waals surface area contributed by atoms with E-state index in [4.69, 9.17) is 4.52 Å². The average Bonchev–Trinajstić information content (AvgIpc) is 2.74. The SMILES string of the molecule is Cc1cccc(O[P+](c2ccccc2)(c2ccccc2)c2ccccc2)c1. The fourth-order valence-electron chi connectivity index (χ4n) is 3.35. The fraction of sp³-hybridized carbons (Fsp3) is 0.0400. The molecule has 4 rings (SSSR count). The molecule has 0 aliphatic heterocycles. The molecule has 27 heavy (non-hydrogen) atoms. The summed E-state index contributed by atoms with van der Waals surface area (Å²) in [5, 5.41) is 3.64. The van der Waals surface area contributed by atoms with Crippen molar-refractivity contribution in [3.05, 3.63) is 121 Å². The van der Waals surface area contributed by atoms with Crippen LogP contribution in [-0.2, 0) is 0 Å². The summed E-state index contributed by atoms with van der Waals surface area (Å²) in [7, 11) is -2.29. The van der Waals surface area contributed by atoms with Gasteiger partial charge in [0.25, 0.3) is 7.49 Å². The first-order valence-corrected chi connectivity index (χ1v) is 10.8. The number of hydrogen-bond donors (Lipinski definition) is 0. The summed E-state index contributed by atoms with van der Waals surface area (Å²) in [4.78, 5) is 0. The van der Waals surface area contributed by atoms with Crippen LogP contribution in [-0.4, -0.2) is 0 Å². The summed E-state index contributed by atoms with van der Waals surface area (Å²) in [6, 6.07) is 40.2. The molecule has 0 radical (unpaired) electrons. The molecule has 0 atom stereocenters. The van der Waals surface area contributed by atoms with Crippen molar-refractivity contribution in [1.82, 2.24) is 0 Å². The summed E-state index contributed by atoms with van der Waals surface area (Å²) < 4.78 is 6.95. The molecule has 4 aromatic rings. The zero-order chi connectivity index (χ0) is 18.5. The summed E-state index contributed by atoms with van der Waals surface area (Å²) in [5.41, 5.74) is 1.19. The van der Waals surface area contributed by atoms with E-state index in [0.29, 0.717) is 0 Å². The highest BCUT2D eigenvalue weighted by molar-refractivity contribution is 7.92. The maximum atomic E-state index is 6.95. The average molecular weight is 369 g/mol. The lowest BCUT2D eigenvalue weighted by atomic mass is 10.2. The molecule has 0 heterocycles. The van der Waals surface area contributed by atoms with E-state index in [9.17, 15) is 0 Å². The topological polar surface area (TPSA) is 9.23 Å². The summed E-state index contributed by atoms with van der Waals surface area (Å²) in [6.45, 7) is 2.10. The Morgan fingerprint density at radius 2 is 0.963 bits per heavy atom. The first-order valence-electron chi connectivity index (χ1n) is 9.11. The molecule has 0 aromatic heterocycles. The van der Waals surface area contributed by atoms with Gasteiger partial charge in [0.2, 0.25) is 0 Å². The van der Waals surface area contributed by atoms with Crippen LogP contribution in [0.15, 0.2) is 115 Å². The van der Waals surface area contributed by atoms with Gasteiger partial charge < -0.3 is 4.52 Å². The van der Waals surface area contributed by atoms with Crippen molar-refractivity contribution in [3.63, 3.8) is 0 Å². The van der Waals surface area contributed by atoms with Gasteiger partial charge in [0.05, 0.1) is 0 Å². The van der Waals surface area contributed by atoms with Crippen molar-refractivity contribution in [2.24, 2.45) is 0 Å². The van der Waals surface area contributed by atoms with Crippen LogP contribution in [0, 0.1) is 6.92 Å². The van der Waals surface area contributed by atoms with Crippen LogP contribution in [0.1, 0.15) is 5.56 Å². The second-order valence-corrected chi connectivity index (χ2v) is 9.47. The summed E-state index contributed by atoms with van der Waals surface area (Å²) in [6.07, 6.45) is 0. The van der Waals surface area contributed by atoms with Gasteiger partial charge in [-0.05, 0) is 61.0 Å². The molecule has 132 valence electrons. The molecule has 0 saturated heterocycles. The second-order valence-electron chi connectivity index (χ2n) is 6.52. The maximum Gasteiger partial charge on any atom is 0.287 e. The van der Waals surface area contributed by atoms with E-state index < -0.39 is 7.49 Å². The molecule has 4 aromatic carbocycles. The quantitative estimate of drug-likeness (QED) is 0.435. The van der Waals surface area contributed by atoms with Crippen molar-refractivity contribution in [1.29, 1.82) is 0 Å². The zero-order valence-corrected chi connectivity index (χ0v) is 16.2. The molecular weight excluding hydrogens is 347 g/mol. The van der Waals surface area contributed by atoms with Crippen molar-refractivity contribution < 1.29 is 4.52 Å². The van der Waals surface area contributed by atoms with Gasteiger partial charge in [0.15, 0.2) is 5.75 Å². The molecule has 2 heteroatoms. The van der Waals surface area contributed by atoms with Crippen molar-refractivity contribution in [2.45, 2.75) is 6.92 Å². The molecule has 0 spiro atoms. The largest absolute Gasteiger partial charge is 0.334 e. The number of aryl methyl sites for hydroxylation is 1. The van der Waals surface area contributed by atoms with Crippen molar-refractivity contribution in [2.75, 3.05) is 0 Å². The molecule has 0 bridgehead atoms. The molecule has 0 unspecified atom stereocenters. The van der Waals surface area contributed by atoms with E-state index in [-0.39, 0.29) is 0 Å². The predicted molar refractivity (Wildman–Crippen MR) is 117 cm³/mol. The van der Waals surface area contributed by atoms with Crippen molar-refractivity contribution in [3.8, 4) is 5.75 Å². The Morgan fingerprint density at radius 1 is 0.519 bits per heavy atom. The molecule has 0 aliphatic carbocycles. The first kappa shape index (κ1) is 17.5. The lowest BCUT2D eigenvalue weighted by molar-refractivity contribution is 0.619. The zero-order valence-electron chi connectivity index (χ0n) is 15.3.